The summed E-state index contributed by atoms with van der Waals surface area (Å²) in [6.45, 7) is 0.580. The number of nitrogens with zero attached hydrogens (tertiary/aromatic N) is 2. The van der Waals surface area contributed by atoms with Gasteiger partial charge in [0.05, 0.1) is 0 Å². The van der Waals surface area contributed by atoms with Gasteiger partial charge in [0.1, 0.15) is 6.10 Å². The summed E-state index contributed by atoms with van der Waals surface area (Å²) in [4.78, 5) is 19.0. The molecule has 0 bridgehead atoms. The maximum absolute atomic E-state index is 11.2. The SMILES string of the molecule is NCC1CCCC1Oc1nccnc1C(N)=O. The van der Waals surface area contributed by atoms with Gasteiger partial charge in [0, 0.05) is 18.3 Å². The zero-order valence-corrected chi connectivity index (χ0v) is 9.50. The van der Waals surface area contributed by atoms with E-state index in [4.69, 9.17) is 16.2 Å². The van der Waals surface area contributed by atoms with Gasteiger partial charge in [-0.3, -0.25) is 4.79 Å². The maximum Gasteiger partial charge on any atom is 0.272 e. The van der Waals surface area contributed by atoms with E-state index in [-0.39, 0.29) is 17.7 Å². The van der Waals surface area contributed by atoms with Gasteiger partial charge in [-0.1, -0.05) is 0 Å². The van der Waals surface area contributed by atoms with Gasteiger partial charge in [-0.15, -0.1) is 0 Å². The molecule has 1 aliphatic carbocycles. The van der Waals surface area contributed by atoms with Crippen LogP contribution in [0.15, 0.2) is 12.4 Å². The molecular weight excluding hydrogens is 220 g/mol. The van der Waals surface area contributed by atoms with Crippen LogP contribution in [0, 0.1) is 5.92 Å². The molecule has 4 N–H and O–H groups in total. The largest absolute Gasteiger partial charge is 0.472 e. The second kappa shape index (κ2) is 5.09. The molecule has 6 nitrogen and oxygen atoms in total. The highest BCUT2D eigenvalue weighted by Crippen LogP contribution is 2.28. The topological polar surface area (TPSA) is 104 Å². The Hall–Kier alpha value is -1.69. The average Bonchev–Trinajstić information content (AvgIpc) is 2.77. The summed E-state index contributed by atoms with van der Waals surface area (Å²) in [5.41, 5.74) is 11.0. The fourth-order valence-corrected chi connectivity index (χ4v) is 2.15. The van der Waals surface area contributed by atoms with Crippen LogP contribution >= 0.6 is 0 Å². The Morgan fingerprint density at radius 3 is 2.88 bits per heavy atom. The lowest BCUT2D eigenvalue weighted by molar-refractivity contribution is 0.0979. The predicted octanol–water partition coefficient (Wildman–Crippen LogP) is 0.0817. The molecule has 1 heterocycles. The summed E-state index contributed by atoms with van der Waals surface area (Å²) < 4.78 is 5.72. The van der Waals surface area contributed by atoms with E-state index >= 15 is 0 Å². The third-order valence-corrected chi connectivity index (χ3v) is 3.05. The van der Waals surface area contributed by atoms with E-state index in [1.165, 1.54) is 12.4 Å². The van der Waals surface area contributed by atoms with E-state index in [2.05, 4.69) is 9.97 Å². The first-order valence-corrected chi connectivity index (χ1v) is 5.70. The van der Waals surface area contributed by atoms with Crippen LogP contribution in [0.25, 0.3) is 0 Å². The zero-order valence-electron chi connectivity index (χ0n) is 9.50. The molecule has 1 aromatic rings. The van der Waals surface area contributed by atoms with Crippen LogP contribution in [0.2, 0.25) is 0 Å². The average molecular weight is 236 g/mol. The maximum atomic E-state index is 11.2. The summed E-state index contributed by atoms with van der Waals surface area (Å²) >= 11 is 0. The number of amides is 1. The van der Waals surface area contributed by atoms with Crippen molar-refractivity contribution in [2.24, 2.45) is 17.4 Å². The van der Waals surface area contributed by atoms with Crippen LogP contribution in [-0.4, -0.2) is 28.5 Å². The molecule has 92 valence electrons. The minimum absolute atomic E-state index is 0.00907. The van der Waals surface area contributed by atoms with Gasteiger partial charge >= 0.3 is 0 Å². The van der Waals surface area contributed by atoms with Crippen molar-refractivity contribution in [2.45, 2.75) is 25.4 Å². The van der Waals surface area contributed by atoms with E-state index < -0.39 is 5.91 Å². The number of rotatable bonds is 4. The lowest BCUT2D eigenvalue weighted by Crippen LogP contribution is -2.29. The first-order valence-electron chi connectivity index (χ1n) is 5.70. The fraction of sp³-hybridized carbons (Fsp3) is 0.545. The molecule has 0 aromatic carbocycles. The summed E-state index contributed by atoms with van der Waals surface area (Å²) in [7, 11) is 0. The van der Waals surface area contributed by atoms with E-state index in [1.54, 1.807) is 0 Å². The molecule has 0 aliphatic heterocycles. The molecule has 1 amide bonds. The third-order valence-electron chi connectivity index (χ3n) is 3.05. The van der Waals surface area contributed by atoms with Crippen molar-refractivity contribution in [3.05, 3.63) is 18.1 Å². The van der Waals surface area contributed by atoms with Gasteiger partial charge in [0.15, 0.2) is 5.69 Å². The summed E-state index contributed by atoms with van der Waals surface area (Å²) in [6.07, 6.45) is 5.97. The first-order chi connectivity index (χ1) is 8.22. The first kappa shape index (κ1) is 11.8. The van der Waals surface area contributed by atoms with Crippen molar-refractivity contribution < 1.29 is 9.53 Å². The number of hydrogen-bond acceptors (Lipinski definition) is 5. The number of nitrogens with two attached hydrogens (primary N) is 2. The molecule has 0 saturated heterocycles. The van der Waals surface area contributed by atoms with Gasteiger partial charge in [-0.05, 0) is 25.8 Å². The molecule has 0 radical (unpaired) electrons. The number of primary amides is 1. The Labute approximate surface area is 99.4 Å². The van der Waals surface area contributed by atoms with Gasteiger partial charge in [-0.2, -0.15) is 0 Å². The van der Waals surface area contributed by atoms with Gasteiger partial charge in [0.25, 0.3) is 5.91 Å². The normalized spacial score (nSPS) is 23.6. The van der Waals surface area contributed by atoms with Gasteiger partial charge in [0.2, 0.25) is 5.88 Å². The van der Waals surface area contributed by atoms with Crippen LogP contribution < -0.4 is 16.2 Å². The molecule has 1 aliphatic rings. The summed E-state index contributed by atoms with van der Waals surface area (Å²) in [5, 5.41) is 0. The quantitative estimate of drug-likeness (QED) is 0.770. The third kappa shape index (κ3) is 2.52. The van der Waals surface area contributed by atoms with Crippen molar-refractivity contribution in [1.82, 2.24) is 9.97 Å². The van der Waals surface area contributed by atoms with Crippen molar-refractivity contribution in [3.8, 4) is 5.88 Å². The molecule has 17 heavy (non-hydrogen) atoms. The van der Waals surface area contributed by atoms with E-state index in [9.17, 15) is 4.79 Å². The molecule has 6 heteroatoms. The minimum atomic E-state index is -0.629. The van der Waals surface area contributed by atoms with Crippen LogP contribution in [0.4, 0.5) is 0 Å². The molecule has 1 fully saturated rings. The van der Waals surface area contributed by atoms with Crippen molar-refractivity contribution in [2.75, 3.05) is 6.54 Å². The molecular formula is C11H16N4O2. The molecule has 1 aromatic heterocycles. The van der Waals surface area contributed by atoms with E-state index in [1.807, 2.05) is 0 Å². The molecule has 2 unspecified atom stereocenters. The minimum Gasteiger partial charge on any atom is -0.472 e. The lowest BCUT2D eigenvalue weighted by atomic mass is 10.1. The number of carbonyl (C=O) groups excluding carboxylic acids is 1. The standard InChI is InChI=1S/C11H16N4O2/c12-6-7-2-1-3-8(7)17-11-9(10(13)16)14-4-5-15-11/h4-5,7-8H,1-3,6,12H2,(H2,13,16). The number of hydrogen-bond donors (Lipinski definition) is 2. The second-order valence-corrected chi connectivity index (χ2v) is 4.16. The molecule has 2 rings (SSSR count). The van der Waals surface area contributed by atoms with Crippen LogP contribution in [0.1, 0.15) is 29.8 Å². The Kier molecular flexibility index (Phi) is 3.53. The summed E-state index contributed by atoms with van der Waals surface area (Å²) in [6, 6.07) is 0. The fourth-order valence-electron chi connectivity index (χ4n) is 2.15. The predicted molar refractivity (Wildman–Crippen MR) is 61.4 cm³/mol. The van der Waals surface area contributed by atoms with Crippen molar-refractivity contribution >= 4 is 5.91 Å². The molecule has 1 saturated carbocycles. The zero-order chi connectivity index (χ0) is 12.3. The van der Waals surface area contributed by atoms with Crippen LogP contribution in [-0.2, 0) is 0 Å². The van der Waals surface area contributed by atoms with Crippen molar-refractivity contribution in [1.29, 1.82) is 0 Å². The number of carbonyl (C=O) groups is 1. The molecule has 2 atom stereocenters. The van der Waals surface area contributed by atoms with E-state index in [0.29, 0.717) is 12.5 Å². The number of aromatic nitrogens is 2. The van der Waals surface area contributed by atoms with E-state index in [0.717, 1.165) is 19.3 Å². The Morgan fingerprint density at radius 1 is 1.41 bits per heavy atom. The highest BCUT2D eigenvalue weighted by molar-refractivity contribution is 5.92. The van der Waals surface area contributed by atoms with Gasteiger partial charge in [-0.25, -0.2) is 9.97 Å². The lowest BCUT2D eigenvalue weighted by Gasteiger charge is -2.19. The molecule has 0 spiro atoms. The van der Waals surface area contributed by atoms with Crippen LogP contribution in [0.5, 0.6) is 5.88 Å². The van der Waals surface area contributed by atoms with Crippen LogP contribution in [0.3, 0.4) is 0 Å². The van der Waals surface area contributed by atoms with Gasteiger partial charge < -0.3 is 16.2 Å². The smallest absolute Gasteiger partial charge is 0.272 e. The Bertz CT molecular complexity index is 410. The number of ether oxygens (including phenoxy) is 1. The summed E-state index contributed by atoms with van der Waals surface area (Å²) in [5.74, 6) is -0.0986. The van der Waals surface area contributed by atoms with Crippen molar-refractivity contribution in [3.63, 3.8) is 0 Å². The highest BCUT2D eigenvalue weighted by Gasteiger charge is 2.29. The highest BCUT2D eigenvalue weighted by atomic mass is 16.5. The second-order valence-electron chi connectivity index (χ2n) is 4.16. The Morgan fingerprint density at radius 2 is 2.18 bits per heavy atom. The monoisotopic (exact) mass is 236 g/mol. The Balaban J connectivity index is 2.15.